The van der Waals surface area contributed by atoms with Crippen LogP contribution in [0.4, 0.5) is 0 Å². The smallest absolute Gasteiger partial charge is 0.294 e. The monoisotopic (exact) mass is 486 g/mol. The molecule has 0 radical (unpaired) electrons. The average molecular weight is 487 g/mol. The highest BCUT2D eigenvalue weighted by Crippen LogP contribution is 2.36. The Hall–Kier alpha value is -3.33. The molecule has 0 atom stereocenters. The predicted molar refractivity (Wildman–Crippen MR) is 143 cm³/mol. The van der Waals surface area contributed by atoms with E-state index in [1.165, 1.54) is 5.56 Å². The largest absolute Gasteiger partial charge is 0.464 e. The van der Waals surface area contributed by atoms with E-state index < -0.39 is 0 Å². The zero-order valence-electron chi connectivity index (χ0n) is 20.5. The average Bonchev–Trinajstić information content (AvgIpc) is 3.31. The number of hydrogen-bond donors (Lipinski definition) is 2. The van der Waals surface area contributed by atoms with Gasteiger partial charge in [-0.15, -0.1) is 0 Å². The number of nitrogens with zero attached hydrogens (tertiary/aromatic N) is 2. The highest BCUT2D eigenvalue weighted by Gasteiger charge is 2.35. The van der Waals surface area contributed by atoms with Crippen molar-refractivity contribution in [2.24, 2.45) is 0 Å². The van der Waals surface area contributed by atoms with Crippen LogP contribution in [0.15, 0.2) is 60.7 Å². The molecule has 0 unspecified atom stereocenters. The summed E-state index contributed by atoms with van der Waals surface area (Å²) in [5.41, 5.74) is 6.73. The van der Waals surface area contributed by atoms with Crippen molar-refractivity contribution >= 4 is 22.6 Å². The summed E-state index contributed by atoms with van der Waals surface area (Å²) in [7, 11) is 0. The van der Waals surface area contributed by atoms with Crippen LogP contribution in [-0.4, -0.2) is 29.7 Å². The first kappa shape index (κ1) is 24.8. The standard InChI is InChI=1S/C27H25ClN4O.C2H6/c1-18-13-24-25(15-23(18)28)32-26(31-24)33-17-27(9-11-30-12-10-27)22-7-5-20(6-8-22)21-4-2-3-19(14-21)16-29;1-2/h2-8,13-15,30H,9-12,17H2,1H3,(H,31,32);1-2H3. The lowest BCUT2D eigenvalue weighted by Crippen LogP contribution is -2.44. The number of ether oxygens (including phenoxy) is 1. The summed E-state index contributed by atoms with van der Waals surface area (Å²) < 4.78 is 6.24. The molecule has 6 heteroatoms. The molecule has 5 rings (SSSR count). The maximum absolute atomic E-state index is 9.20. The SMILES string of the molecule is CC.Cc1cc2[nH]c(OCC3(c4ccc(-c5cccc(C#N)c5)cc4)CCNCC3)nc2cc1Cl. The maximum atomic E-state index is 9.20. The third kappa shape index (κ3) is 5.35. The van der Waals surface area contributed by atoms with E-state index in [1.54, 1.807) is 0 Å². The molecule has 35 heavy (non-hydrogen) atoms. The van der Waals surface area contributed by atoms with Gasteiger partial charge in [-0.1, -0.05) is 61.8 Å². The van der Waals surface area contributed by atoms with Gasteiger partial charge in [-0.25, -0.2) is 0 Å². The topological polar surface area (TPSA) is 73.7 Å². The number of benzene rings is 3. The molecule has 2 heterocycles. The number of nitrogens with one attached hydrogen (secondary N) is 2. The van der Waals surface area contributed by atoms with Crippen molar-refractivity contribution < 1.29 is 4.74 Å². The second kappa shape index (κ2) is 10.9. The van der Waals surface area contributed by atoms with E-state index >= 15 is 0 Å². The predicted octanol–water partition coefficient (Wildman–Crippen LogP) is 6.79. The van der Waals surface area contributed by atoms with Crippen LogP contribution in [0.5, 0.6) is 6.01 Å². The molecule has 4 aromatic rings. The molecule has 0 saturated carbocycles. The number of nitriles is 1. The molecule has 1 saturated heterocycles. The number of rotatable bonds is 5. The van der Waals surface area contributed by atoms with Crippen molar-refractivity contribution in [3.8, 4) is 23.2 Å². The molecule has 2 N–H and O–H groups in total. The first-order valence-electron chi connectivity index (χ1n) is 12.2. The van der Waals surface area contributed by atoms with E-state index in [4.69, 9.17) is 16.3 Å². The molecule has 3 aromatic carbocycles. The Labute approximate surface area is 212 Å². The molecule has 0 aliphatic carbocycles. The number of aromatic amines is 1. The molecule has 0 spiro atoms. The molecule has 5 nitrogen and oxygen atoms in total. The highest BCUT2D eigenvalue weighted by atomic mass is 35.5. The lowest BCUT2D eigenvalue weighted by Gasteiger charge is -2.37. The lowest BCUT2D eigenvalue weighted by molar-refractivity contribution is 0.167. The molecule has 0 bridgehead atoms. The van der Waals surface area contributed by atoms with Crippen LogP contribution in [0, 0.1) is 18.3 Å². The van der Waals surface area contributed by atoms with Crippen LogP contribution in [0.2, 0.25) is 5.02 Å². The van der Waals surface area contributed by atoms with Crippen molar-refractivity contribution in [3.63, 3.8) is 0 Å². The highest BCUT2D eigenvalue weighted by molar-refractivity contribution is 6.32. The van der Waals surface area contributed by atoms with Crippen LogP contribution in [0.1, 0.15) is 43.4 Å². The van der Waals surface area contributed by atoms with E-state index in [0.717, 1.165) is 53.7 Å². The number of aryl methyl sites for hydroxylation is 1. The number of hydrogen-bond acceptors (Lipinski definition) is 4. The summed E-state index contributed by atoms with van der Waals surface area (Å²) in [6.45, 7) is 8.42. The van der Waals surface area contributed by atoms with Gasteiger partial charge >= 0.3 is 0 Å². The number of halogens is 1. The third-order valence-electron chi connectivity index (χ3n) is 6.61. The summed E-state index contributed by atoms with van der Waals surface area (Å²) in [4.78, 5) is 7.87. The molecule has 1 aliphatic rings. The van der Waals surface area contributed by atoms with Gasteiger partial charge in [0.05, 0.1) is 22.7 Å². The van der Waals surface area contributed by atoms with Crippen molar-refractivity contribution in [2.75, 3.05) is 19.7 Å². The summed E-state index contributed by atoms with van der Waals surface area (Å²) in [5, 5.41) is 13.4. The molecule has 1 aromatic heterocycles. The zero-order valence-corrected chi connectivity index (χ0v) is 21.2. The van der Waals surface area contributed by atoms with Crippen LogP contribution in [-0.2, 0) is 5.41 Å². The number of aromatic nitrogens is 2. The van der Waals surface area contributed by atoms with Crippen molar-refractivity contribution in [3.05, 3.63) is 82.4 Å². The Morgan fingerprint density at radius 2 is 1.77 bits per heavy atom. The van der Waals surface area contributed by atoms with Crippen LogP contribution < -0.4 is 10.1 Å². The zero-order chi connectivity index (χ0) is 24.8. The van der Waals surface area contributed by atoms with Gasteiger partial charge in [0.25, 0.3) is 6.01 Å². The third-order valence-corrected chi connectivity index (χ3v) is 7.02. The summed E-state index contributed by atoms with van der Waals surface area (Å²) in [6, 6.07) is 23.0. The van der Waals surface area contributed by atoms with Gasteiger partial charge < -0.3 is 15.0 Å². The minimum absolute atomic E-state index is 0.0924. The van der Waals surface area contributed by atoms with Crippen LogP contribution in [0.25, 0.3) is 22.2 Å². The second-order valence-corrected chi connectivity index (χ2v) is 9.16. The molecule has 1 fully saturated rings. The van der Waals surface area contributed by atoms with Crippen LogP contribution in [0.3, 0.4) is 0 Å². The van der Waals surface area contributed by atoms with Gasteiger partial charge in [-0.2, -0.15) is 10.2 Å². The summed E-state index contributed by atoms with van der Waals surface area (Å²) in [5.74, 6) is 0. The fraction of sp³-hybridized carbons (Fsp3) is 0.310. The molecule has 0 amide bonds. The molecular weight excluding hydrogens is 456 g/mol. The van der Waals surface area contributed by atoms with Gasteiger partial charge in [0, 0.05) is 10.4 Å². The van der Waals surface area contributed by atoms with E-state index in [-0.39, 0.29) is 5.41 Å². The van der Waals surface area contributed by atoms with Gasteiger partial charge in [0.15, 0.2) is 0 Å². The normalized spacial score (nSPS) is 14.6. The van der Waals surface area contributed by atoms with Gasteiger partial charge in [-0.3, -0.25) is 0 Å². The molecule has 1 aliphatic heterocycles. The molecule has 180 valence electrons. The molecular formula is C29H31ClN4O. The quantitative estimate of drug-likeness (QED) is 0.325. The van der Waals surface area contributed by atoms with Crippen LogP contribution >= 0.6 is 11.6 Å². The first-order valence-corrected chi connectivity index (χ1v) is 12.5. The van der Waals surface area contributed by atoms with Gasteiger partial charge in [-0.05, 0) is 79.4 Å². The fourth-order valence-corrected chi connectivity index (χ4v) is 4.76. The number of fused-ring (bicyclic) bond motifs is 1. The van der Waals surface area contributed by atoms with Crippen molar-refractivity contribution in [1.29, 1.82) is 5.26 Å². The number of piperidine rings is 1. The van der Waals surface area contributed by atoms with E-state index in [2.05, 4.69) is 45.6 Å². The Bertz CT molecular complexity index is 1290. The Morgan fingerprint density at radius 1 is 1.03 bits per heavy atom. The minimum atomic E-state index is -0.0924. The Morgan fingerprint density at radius 3 is 2.49 bits per heavy atom. The lowest BCUT2D eigenvalue weighted by atomic mass is 9.73. The fourth-order valence-electron chi connectivity index (χ4n) is 4.60. The van der Waals surface area contributed by atoms with Gasteiger partial charge in [0.1, 0.15) is 6.61 Å². The van der Waals surface area contributed by atoms with Crippen molar-refractivity contribution in [1.82, 2.24) is 15.3 Å². The summed E-state index contributed by atoms with van der Waals surface area (Å²) in [6.07, 6.45) is 1.98. The Balaban J connectivity index is 0.00000141. The van der Waals surface area contributed by atoms with E-state index in [1.807, 2.05) is 57.2 Å². The van der Waals surface area contributed by atoms with E-state index in [9.17, 15) is 5.26 Å². The van der Waals surface area contributed by atoms with Gasteiger partial charge in [0.2, 0.25) is 0 Å². The Kier molecular flexibility index (Phi) is 7.75. The maximum Gasteiger partial charge on any atom is 0.294 e. The van der Waals surface area contributed by atoms with Crippen molar-refractivity contribution in [2.45, 2.75) is 39.0 Å². The van der Waals surface area contributed by atoms with E-state index in [0.29, 0.717) is 23.2 Å². The minimum Gasteiger partial charge on any atom is -0.464 e. The first-order chi connectivity index (χ1) is 17.1. The second-order valence-electron chi connectivity index (χ2n) is 8.75. The summed E-state index contributed by atoms with van der Waals surface area (Å²) >= 11 is 6.25. The number of imidazole rings is 1. The number of H-pyrrole nitrogens is 1.